The van der Waals surface area contributed by atoms with Gasteiger partial charge in [-0.3, -0.25) is 4.90 Å². The van der Waals surface area contributed by atoms with Gasteiger partial charge in [0.15, 0.2) is 0 Å². The van der Waals surface area contributed by atoms with Crippen molar-refractivity contribution in [1.29, 1.82) is 0 Å². The van der Waals surface area contributed by atoms with Crippen molar-refractivity contribution in [2.45, 2.75) is 38.8 Å². The number of rotatable bonds is 3. The van der Waals surface area contributed by atoms with Crippen molar-refractivity contribution in [3.63, 3.8) is 0 Å². The Bertz CT molecular complexity index is 668. The van der Waals surface area contributed by atoms with Crippen LogP contribution in [0.5, 0.6) is 0 Å². The van der Waals surface area contributed by atoms with E-state index in [0.717, 1.165) is 42.6 Å². The fourth-order valence-electron chi connectivity index (χ4n) is 2.73. The van der Waals surface area contributed by atoms with Gasteiger partial charge < -0.3 is 10.5 Å². The summed E-state index contributed by atoms with van der Waals surface area (Å²) >= 11 is 1.71. The van der Waals surface area contributed by atoms with Gasteiger partial charge in [0, 0.05) is 36.1 Å². The predicted molar refractivity (Wildman–Crippen MR) is 103 cm³/mol. The number of halogens is 1. The second-order valence-electron chi connectivity index (χ2n) is 7.16. The maximum atomic E-state index is 5.96. The number of hydrogen-bond acceptors (Lipinski definition) is 5. The summed E-state index contributed by atoms with van der Waals surface area (Å²) in [6.45, 7) is 10.1. The zero-order valence-corrected chi connectivity index (χ0v) is 16.1. The summed E-state index contributed by atoms with van der Waals surface area (Å²) in [5.74, 6) is 0. The molecule has 2 heterocycles. The van der Waals surface area contributed by atoms with Gasteiger partial charge in [0.05, 0.1) is 12.3 Å². The van der Waals surface area contributed by atoms with Crippen LogP contribution in [0.15, 0.2) is 29.6 Å². The van der Waals surface area contributed by atoms with Crippen LogP contribution >= 0.6 is 23.7 Å². The summed E-state index contributed by atoms with van der Waals surface area (Å²) in [6, 6.07) is 8.11. The third-order valence-electron chi connectivity index (χ3n) is 4.07. The Morgan fingerprint density at radius 3 is 2.83 bits per heavy atom. The molecule has 1 fully saturated rings. The van der Waals surface area contributed by atoms with E-state index in [1.807, 2.05) is 18.2 Å². The van der Waals surface area contributed by atoms with Crippen molar-refractivity contribution in [3.8, 4) is 0 Å². The Hall–Kier alpha value is -1.14. The third kappa shape index (κ3) is 4.70. The molecule has 1 atom stereocenters. The fourth-order valence-corrected chi connectivity index (χ4v) is 3.81. The molecule has 0 spiro atoms. The highest BCUT2D eigenvalue weighted by Gasteiger charge is 2.26. The Balaban J connectivity index is 0.00000208. The molecule has 1 saturated heterocycles. The van der Waals surface area contributed by atoms with E-state index in [9.17, 15) is 0 Å². The van der Waals surface area contributed by atoms with E-state index in [0.29, 0.717) is 0 Å². The highest BCUT2D eigenvalue weighted by Crippen LogP contribution is 2.30. The van der Waals surface area contributed by atoms with Crippen molar-refractivity contribution in [2.75, 3.05) is 25.4 Å². The SMILES string of the molecule is CC(C)(C)c1csc(C2CN(Cc3cccc(N)c3)CCO2)n1.Cl. The van der Waals surface area contributed by atoms with E-state index < -0.39 is 0 Å². The Kier molecular flexibility index (Phi) is 6.26. The number of nitrogens with zero attached hydrogens (tertiary/aromatic N) is 2. The van der Waals surface area contributed by atoms with E-state index in [1.165, 1.54) is 5.56 Å². The van der Waals surface area contributed by atoms with E-state index in [1.54, 1.807) is 11.3 Å². The molecule has 1 unspecified atom stereocenters. The highest BCUT2D eigenvalue weighted by atomic mass is 35.5. The molecule has 24 heavy (non-hydrogen) atoms. The van der Waals surface area contributed by atoms with Gasteiger partial charge in [0.25, 0.3) is 0 Å². The predicted octanol–water partition coefficient (Wildman–Crippen LogP) is 4.02. The molecule has 2 N–H and O–H groups in total. The molecular weight excluding hydrogens is 342 g/mol. The molecule has 6 heteroatoms. The molecule has 1 aliphatic rings. The zero-order valence-electron chi connectivity index (χ0n) is 14.5. The summed E-state index contributed by atoms with van der Waals surface area (Å²) in [5, 5.41) is 3.25. The summed E-state index contributed by atoms with van der Waals surface area (Å²) in [5.41, 5.74) is 9.18. The largest absolute Gasteiger partial charge is 0.399 e. The molecule has 1 aliphatic heterocycles. The molecule has 0 aliphatic carbocycles. The van der Waals surface area contributed by atoms with Gasteiger partial charge >= 0.3 is 0 Å². The number of nitrogens with two attached hydrogens (primary N) is 1. The van der Waals surface area contributed by atoms with E-state index in [4.69, 9.17) is 15.5 Å². The minimum atomic E-state index is 0. The van der Waals surface area contributed by atoms with Gasteiger partial charge in [-0.25, -0.2) is 4.98 Å². The molecule has 3 rings (SSSR count). The van der Waals surface area contributed by atoms with Crippen LogP contribution in [0.25, 0.3) is 0 Å². The van der Waals surface area contributed by atoms with Crippen molar-refractivity contribution in [2.24, 2.45) is 0 Å². The lowest BCUT2D eigenvalue weighted by atomic mass is 9.93. The van der Waals surface area contributed by atoms with Crippen LogP contribution in [-0.2, 0) is 16.7 Å². The second kappa shape index (κ2) is 7.83. The molecule has 1 aromatic heterocycles. The maximum absolute atomic E-state index is 5.96. The van der Waals surface area contributed by atoms with Crippen LogP contribution in [0.4, 0.5) is 5.69 Å². The standard InChI is InChI=1S/C18H25N3OS.ClH/c1-18(2,3)16-12-23-17(20-16)15-11-21(7-8-22-15)10-13-5-4-6-14(19)9-13;/h4-6,9,12,15H,7-8,10-11,19H2,1-3H3;1H. The number of ether oxygens (including phenoxy) is 1. The number of morpholine rings is 1. The maximum Gasteiger partial charge on any atom is 0.123 e. The third-order valence-corrected chi connectivity index (χ3v) is 5.01. The zero-order chi connectivity index (χ0) is 16.4. The fraction of sp³-hybridized carbons (Fsp3) is 0.500. The van der Waals surface area contributed by atoms with E-state index in [-0.39, 0.29) is 23.9 Å². The van der Waals surface area contributed by atoms with Crippen LogP contribution in [0.3, 0.4) is 0 Å². The average Bonchev–Trinajstić information content (AvgIpc) is 2.97. The van der Waals surface area contributed by atoms with Gasteiger partial charge in [0.1, 0.15) is 11.1 Å². The van der Waals surface area contributed by atoms with Crippen molar-refractivity contribution >= 4 is 29.4 Å². The molecule has 0 radical (unpaired) electrons. The number of aromatic nitrogens is 1. The Morgan fingerprint density at radius 1 is 1.38 bits per heavy atom. The first kappa shape index (κ1) is 19.2. The molecule has 0 amide bonds. The van der Waals surface area contributed by atoms with Crippen molar-refractivity contribution in [3.05, 3.63) is 45.9 Å². The lowest BCUT2D eigenvalue weighted by molar-refractivity contribution is -0.0330. The molecule has 1 aromatic carbocycles. The Labute approximate surface area is 154 Å². The van der Waals surface area contributed by atoms with Gasteiger partial charge in [-0.2, -0.15) is 0 Å². The van der Waals surface area contributed by atoms with Gasteiger partial charge in [0.2, 0.25) is 0 Å². The summed E-state index contributed by atoms with van der Waals surface area (Å²) in [7, 11) is 0. The molecule has 4 nitrogen and oxygen atoms in total. The van der Waals surface area contributed by atoms with Gasteiger partial charge in [-0.05, 0) is 17.7 Å². The second-order valence-corrected chi connectivity index (χ2v) is 8.05. The topological polar surface area (TPSA) is 51.4 Å². The van der Waals surface area contributed by atoms with Crippen LogP contribution in [0.1, 0.15) is 43.1 Å². The molecule has 0 bridgehead atoms. The molecule has 2 aromatic rings. The summed E-state index contributed by atoms with van der Waals surface area (Å²) in [4.78, 5) is 7.23. The van der Waals surface area contributed by atoms with Crippen molar-refractivity contribution in [1.82, 2.24) is 9.88 Å². The summed E-state index contributed by atoms with van der Waals surface area (Å²) < 4.78 is 5.96. The number of nitrogen functional groups attached to an aromatic ring is 1. The Morgan fingerprint density at radius 2 is 2.17 bits per heavy atom. The monoisotopic (exact) mass is 367 g/mol. The lowest BCUT2D eigenvalue weighted by Crippen LogP contribution is -2.37. The molecular formula is C18H26ClN3OS. The van der Waals surface area contributed by atoms with Gasteiger partial charge in [-0.1, -0.05) is 32.9 Å². The molecule has 0 saturated carbocycles. The smallest absolute Gasteiger partial charge is 0.123 e. The van der Waals surface area contributed by atoms with Crippen molar-refractivity contribution < 1.29 is 4.74 Å². The quantitative estimate of drug-likeness (QED) is 0.832. The summed E-state index contributed by atoms with van der Waals surface area (Å²) in [6.07, 6.45) is 0.0749. The number of anilines is 1. The van der Waals surface area contributed by atoms with Crippen LogP contribution in [0, 0.1) is 0 Å². The normalized spacial score (nSPS) is 19.0. The van der Waals surface area contributed by atoms with E-state index >= 15 is 0 Å². The average molecular weight is 368 g/mol. The highest BCUT2D eigenvalue weighted by molar-refractivity contribution is 7.09. The number of benzene rings is 1. The first-order valence-corrected chi connectivity index (χ1v) is 8.94. The van der Waals surface area contributed by atoms with Crippen LogP contribution in [0.2, 0.25) is 0 Å². The minimum absolute atomic E-state index is 0. The number of thiazole rings is 1. The van der Waals surface area contributed by atoms with Crippen LogP contribution in [-0.4, -0.2) is 29.6 Å². The first-order chi connectivity index (χ1) is 10.9. The molecule has 132 valence electrons. The van der Waals surface area contributed by atoms with E-state index in [2.05, 4.69) is 37.1 Å². The van der Waals surface area contributed by atoms with Gasteiger partial charge in [-0.15, -0.1) is 23.7 Å². The minimum Gasteiger partial charge on any atom is -0.399 e. The van der Waals surface area contributed by atoms with Crippen LogP contribution < -0.4 is 5.73 Å². The lowest BCUT2D eigenvalue weighted by Gasteiger charge is -2.32. The first-order valence-electron chi connectivity index (χ1n) is 8.06. The number of hydrogen-bond donors (Lipinski definition) is 1.